The van der Waals surface area contributed by atoms with Gasteiger partial charge in [-0.15, -0.1) is 0 Å². The summed E-state index contributed by atoms with van der Waals surface area (Å²) in [5.74, 6) is 3.11. The number of halogens is 1. The fraction of sp³-hybridized carbons (Fsp3) is 0.421. The number of hydrogen-bond donors (Lipinski definition) is 0. The topological polar surface area (TPSA) is 47.1 Å². The molecule has 1 aliphatic heterocycles. The predicted octanol–water partition coefficient (Wildman–Crippen LogP) is 3.19. The summed E-state index contributed by atoms with van der Waals surface area (Å²) in [4.78, 5) is 9.30. The zero-order valence-corrected chi connectivity index (χ0v) is 17.0. The third-order valence-electron chi connectivity index (χ3n) is 4.54. The van der Waals surface area contributed by atoms with Crippen LogP contribution in [0.1, 0.15) is 5.56 Å². The van der Waals surface area contributed by atoms with Crippen LogP contribution < -0.4 is 19.1 Å². The van der Waals surface area contributed by atoms with Gasteiger partial charge in [0.15, 0.2) is 11.5 Å². The molecule has 7 heteroatoms. The van der Waals surface area contributed by atoms with Crippen molar-refractivity contribution < 1.29 is 14.2 Å². The highest BCUT2D eigenvalue weighted by atomic mass is 79.9. The van der Waals surface area contributed by atoms with Gasteiger partial charge < -0.3 is 19.1 Å². The van der Waals surface area contributed by atoms with Gasteiger partial charge in [0.1, 0.15) is 5.82 Å². The monoisotopic (exact) mass is 421 g/mol. The number of benzene rings is 1. The molecule has 0 spiro atoms. The van der Waals surface area contributed by atoms with Crippen molar-refractivity contribution in [1.29, 1.82) is 0 Å². The molecule has 0 radical (unpaired) electrons. The van der Waals surface area contributed by atoms with Crippen molar-refractivity contribution in [3.05, 3.63) is 40.4 Å². The van der Waals surface area contributed by atoms with Crippen LogP contribution in [0.2, 0.25) is 0 Å². The lowest BCUT2D eigenvalue weighted by Gasteiger charge is -2.35. The Hall–Kier alpha value is -1.99. The lowest BCUT2D eigenvalue weighted by molar-refractivity contribution is 0.248. The van der Waals surface area contributed by atoms with Crippen LogP contribution in [0.4, 0.5) is 5.82 Å². The molecular formula is C19H24BrN3O3. The summed E-state index contributed by atoms with van der Waals surface area (Å²) in [6, 6.07) is 10.1. The van der Waals surface area contributed by atoms with E-state index in [1.54, 1.807) is 21.3 Å². The lowest BCUT2D eigenvalue weighted by atomic mass is 10.1. The molecule has 0 N–H and O–H groups in total. The summed E-state index contributed by atoms with van der Waals surface area (Å²) in [6.45, 7) is 4.73. The molecule has 1 fully saturated rings. The molecule has 26 heavy (non-hydrogen) atoms. The molecule has 1 saturated heterocycles. The number of nitrogens with zero attached hydrogens (tertiary/aromatic N) is 3. The number of anilines is 1. The van der Waals surface area contributed by atoms with E-state index in [4.69, 9.17) is 14.2 Å². The first kappa shape index (κ1) is 18.8. The van der Waals surface area contributed by atoms with Crippen LogP contribution in [0.3, 0.4) is 0 Å². The zero-order chi connectivity index (χ0) is 18.5. The second-order valence-electron chi connectivity index (χ2n) is 6.11. The van der Waals surface area contributed by atoms with E-state index in [0.29, 0.717) is 5.88 Å². The molecule has 2 heterocycles. The first-order valence-electron chi connectivity index (χ1n) is 8.53. The molecule has 0 unspecified atom stereocenters. The maximum Gasteiger partial charge on any atom is 0.229 e. The minimum absolute atomic E-state index is 0.621. The molecule has 3 rings (SSSR count). The van der Waals surface area contributed by atoms with Crippen molar-refractivity contribution in [3.63, 3.8) is 0 Å². The maximum absolute atomic E-state index is 5.40. The van der Waals surface area contributed by atoms with E-state index in [-0.39, 0.29) is 0 Å². The average Bonchev–Trinajstić information content (AvgIpc) is 2.69. The molecule has 0 amide bonds. The van der Waals surface area contributed by atoms with E-state index in [1.165, 1.54) is 5.56 Å². The molecule has 0 bridgehead atoms. The summed E-state index contributed by atoms with van der Waals surface area (Å²) >= 11 is 3.45. The Morgan fingerprint density at radius 2 is 1.65 bits per heavy atom. The number of pyridine rings is 1. The number of methoxy groups -OCH3 is 3. The van der Waals surface area contributed by atoms with Gasteiger partial charge in [0.05, 0.1) is 25.8 Å². The molecule has 6 nitrogen and oxygen atoms in total. The van der Waals surface area contributed by atoms with E-state index >= 15 is 0 Å². The summed E-state index contributed by atoms with van der Waals surface area (Å²) in [6.07, 6.45) is 0. The van der Waals surface area contributed by atoms with E-state index in [1.807, 2.05) is 24.3 Å². The van der Waals surface area contributed by atoms with Crippen molar-refractivity contribution in [2.24, 2.45) is 0 Å². The van der Waals surface area contributed by atoms with E-state index < -0.39 is 0 Å². The van der Waals surface area contributed by atoms with Crippen LogP contribution in [-0.2, 0) is 6.54 Å². The Kier molecular flexibility index (Phi) is 6.21. The van der Waals surface area contributed by atoms with Crippen molar-refractivity contribution in [3.8, 4) is 17.4 Å². The summed E-state index contributed by atoms with van der Waals surface area (Å²) in [5, 5.41) is 0. The molecule has 1 aromatic carbocycles. The Morgan fingerprint density at radius 1 is 0.923 bits per heavy atom. The van der Waals surface area contributed by atoms with Gasteiger partial charge in [-0.05, 0) is 45.8 Å². The van der Waals surface area contributed by atoms with Gasteiger partial charge >= 0.3 is 0 Å². The lowest BCUT2D eigenvalue weighted by Crippen LogP contribution is -2.46. The molecule has 1 aliphatic rings. The smallest absolute Gasteiger partial charge is 0.229 e. The van der Waals surface area contributed by atoms with Gasteiger partial charge in [-0.2, -0.15) is 4.98 Å². The second-order valence-corrected chi connectivity index (χ2v) is 6.97. The van der Waals surface area contributed by atoms with E-state index in [9.17, 15) is 0 Å². The second kappa shape index (κ2) is 8.60. The minimum atomic E-state index is 0.621. The van der Waals surface area contributed by atoms with Gasteiger partial charge in [0.25, 0.3) is 0 Å². The highest BCUT2D eigenvalue weighted by molar-refractivity contribution is 9.10. The van der Waals surface area contributed by atoms with Crippen LogP contribution in [0.5, 0.6) is 17.4 Å². The summed E-state index contributed by atoms with van der Waals surface area (Å²) in [5.41, 5.74) is 1.22. The average molecular weight is 422 g/mol. The van der Waals surface area contributed by atoms with Gasteiger partial charge in [-0.1, -0.05) is 6.07 Å². The first-order chi connectivity index (χ1) is 12.6. The van der Waals surface area contributed by atoms with Crippen molar-refractivity contribution in [2.45, 2.75) is 6.54 Å². The van der Waals surface area contributed by atoms with E-state index in [2.05, 4.69) is 36.8 Å². The SMILES string of the molecule is COc1ccc(CN2CCN(c3ccc(Br)c(OC)n3)CC2)cc1OC. The minimum Gasteiger partial charge on any atom is -0.493 e. The number of rotatable bonds is 6. The van der Waals surface area contributed by atoms with Crippen molar-refractivity contribution in [1.82, 2.24) is 9.88 Å². The molecule has 0 atom stereocenters. The first-order valence-corrected chi connectivity index (χ1v) is 9.32. The van der Waals surface area contributed by atoms with Gasteiger partial charge in [-0.3, -0.25) is 4.90 Å². The van der Waals surface area contributed by atoms with Gasteiger partial charge in [0.2, 0.25) is 5.88 Å². The largest absolute Gasteiger partial charge is 0.493 e. The van der Waals surface area contributed by atoms with Crippen molar-refractivity contribution in [2.75, 3.05) is 52.4 Å². The Labute approximate surface area is 162 Å². The fourth-order valence-corrected chi connectivity index (χ4v) is 3.49. The third-order valence-corrected chi connectivity index (χ3v) is 5.15. The fourth-order valence-electron chi connectivity index (χ4n) is 3.11. The molecule has 0 aliphatic carbocycles. The molecule has 140 valence electrons. The number of hydrogen-bond acceptors (Lipinski definition) is 6. The Balaban J connectivity index is 1.60. The van der Waals surface area contributed by atoms with Crippen LogP contribution in [0, 0.1) is 0 Å². The Morgan fingerprint density at radius 3 is 2.31 bits per heavy atom. The Bertz CT molecular complexity index is 749. The molecule has 0 saturated carbocycles. The number of aromatic nitrogens is 1. The van der Waals surface area contributed by atoms with Crippen LogP contribution in [-0.4, -0.2) is 57.4 Å². The maximum atomic E-state index is 5.40. The van der Waals surface area contributed by atoms with Crippen LogP contribution in [0.15, 0.2) is 34.8 Å². The van der Waals surface area contributed by atoms with Crippen LogP contribution >= 0.6 is 15.9 Å². The molecule has 2 aromatic rings. The highest BCUT2D eigenvalue weighted by Crippen LogP contribution is 2.29. The predicted molar refractivity (Wildman–Crippen MR) is 106 cm³/mol. The molecule has 1 aromatic heterocycles. The summed E-state index contributed by atoms with van der Waals surface area (Å²) < 4.78 is 16.9. The normalized spacial score (nSPS) is 15.0. The molecular weight excluding hydrogens is 398 g/mol. The number of piperazine rings is 1. The highest BCUT2D eigenvalue weighted by Gasteiger charge is 2.19. The van der Waals surface area contributed by atoms with Gasteiger partial charge in [0, 0.05) is 32.7 Å². The number of ether oxygens (including phenoxy) is 3. The van der Waals surface area contributed by atoms with Gasteiger partial charge in [-0.25, -0.2) is 0 Å². The summed E-state index contributed by atoms with van der Waals surface area (Å²) in [7, 11) is 4.96. The van der Waals surface area contributed by atoms with E-state index in [0.717, 1.165) is 54.5 Å². The zero-order valence-electron chi connectivity index (χ0n) is 15.4. The quantitative estimate of drug-likeness (QED) is 0.713. The third kappa shape index (κ3) is 4.22. The van der Waals surface area contributed by atoms with Crippen molar-refractivity contribution >= 4 is 21.7 Å². The van der Waals surface area contributed by atoms with Crippen LogP contribution in [0.25, 0.3) is 0 Å². The standard InChI is InChI=1S/C19H24BrN3O3/c1-24-16-6-4-14(12-17(16)25-2)13-22-8-10-23(11-9-22)18-7-5-15(20)19(21-18)26-3/h4-7,12H,8-11,13H2,1-3H3.